The number of amides is 1. The van der Waals surface area contributed by atoms with E-state index in [1.807, 2.05) is 0 Å². The molecule has 2 heterocycles. The van der Waals surface area contributed by atoms with Crippen molar-refractivity contribution in [2.75, 3.05) is 11.9 Å². The summed E-state index contributed by atoms with van der Waals surface area (Å²) in [5.41, 5.74) is 5.83. The van der Waals surface area contributed by atoms with Crippen LogP contribution < -0.4 is 11.1 Å². The summed E-state index contributed by atoms with van der Waals surface area (Å²) in [6, 6.07) is 5.10. The lowest BCUT2D eigenvalue weighted by molar-refractivity contribution is 0.102. The van der Waals surface area contributed by atoms with Gasteiger partial charge in [0.25, 0.3) is 5.91 Å². The van der Waals surface area contributed by atoms with E-state index in [1.54, 1.807) is 29.8 Å². The van der Waals surface area contributed by atoms with E-state index in [0.29, 0.717) is 17.9 Å². The molecule has 0 fully saturated rings. The van der Waals surface area contributed by atoms with Crippen LogP contribution in [0.15, 0.2) is 29.8 Å². The van der Waals surface area contributed by atoms with Crippen LogP contribution in [0, 0.1) is 11.8 Å². The fourth-order valence-electron chi connectivity index (χ4n) is 1.22. The predicted molar refractivity (Wildman–Crippen MR) is 70.2 cm³/mol. The summed E-state index contributed by atoms with van der Waals surface area (Å²) >= 11 is 1.40. The average Bonchev–Trinajstić information content (AvgIpc) is 2.86. The van der Waals surface area contributed by atoms with Crippen molar-refractivity contribution in [1.82, 2.24) is 10.2 Å². The zero-order valence-corrected chi connectivity index (χ0v) is 10.2. The molecule has 2 rings (SSSR count). The van der Waals surface area contributed by atoms with Gasteiger partial charge in [0.15, 0.2) is 5.82 Å². The number of hydrogen-bond donors (Lipinski definition) is 2. The van der Waals surface area contributed by atoms with Gasteiger partial charge in [0.2, 0.25) is 0 Å². The van der Waals surface area contributed by atoms with Crippen LogP contribution in [0.4, 0.5) is 5.82 Å². The molecule has 18 heavy (non-hydrogen) atoms. The molecule has 2 aromatic heterocycles. The second-order valence-electron chi connectivity index (χ2n) is 3.27. The monoisotopic (exact) mass is 258 g/mol. The molecule has 5 nitrogen and oxygen atoms in total. The van der Waals surface area contributed by atoms with Crippen LogP contribution in [0.5, 0.6) is 0 Å². The number of carbonyl (C=O) groups is 1. The Labute approximate surface area is 108 Å². The van der Waals surface area contributed by atoms with Crippen molar-refractivity contribution >= 4 is 23.1 Å². The molecule has 1 amide bonds. The molecular formula is C12H10N4OS. The van der Waals surface area contributed by atoms with Crippen LogP contribution in [-0.2, 0) is 0 Å². The van der Waals surface area contributed by atoms with Crippen molar-refractivity contribution in [2.24, 2.45) is 5.73 Å². The molecule has 0 bridgehead atoms. The Kier molecular flexibility index (Phi) is 4.02. The largest absolute Gasteiger partial charge is 0.320 e. The lowest BCUT2D eigenvalue weighted by Crippen LogP contribution is -2.12. The van der Waals surface area contributed by atoms with Crippen molar-refractivity contribution in [3.8, 4) is 11.8 Å². The van der Waals surface area contributed by atoms with E-state index in [-0.39, 0.29) is 5.91 Å². The molecule has 0 saturated heterocycles. The molecule has 3 N–H and O–H groups in total. The molecule has 0 aliphatic heterocycles. The van der Waals surface area contributed by atoms with E-state index in [2.05, 4.69) is 27.4 Å². The first-order chi connectivity index (χ1) is 8.79. The zero-order valence-electron chi connectivity index (χ0n) is 9.38. The SMILES string of the molecule is NCC#Cc1cc(C(=O)Nc2cccnn2)cs1. The number of rotatable bonds is 2. The lowest BCUT2D eigenvalue weighted by atomic mass is 10.3. The van der Waals surface area contributed by atoms with E-state index in [4.69, 9.17) is 5.73 Å². The number of aromatic nitrogens is 2. The van der Waals surface area contributed by atoms with Crippen LogP contribution in [0.25, 0.3) is 0 Å². The standard InChI is InChI=1S/C12H10N4OS/c13-5-1-3-10-7-9(8-18-10)12(17)15-11-4-2-6-14-16-11/h2,4,6-8H,5,13H2,(H,15,16,17). The first kappa shape index (κ1) is 12.2. The van der Waals surface area contributed by atoms with Gasteiger partial charge in [-0.1, -0.05) is 11.8 Å². The highest BCUT2D eigenvalue weighted by Crippen LogP contribution is 2.14. The van der Waals surface area contributed by atoms with Gasteiger partial charge >= 0.3 is 0 Å². The van der Waals surface area contributed by atoms with Gasteiger partial charge in [-0.15, -0.1) is 16.4 Å². The molecular weight excluding hydrogens is 248 g/mol. The van der Waals surface area contributed by atoms with Gasteiger partial charge in [0.1, 0.15) is 0 Å². The lowest BCUT2D eigenvalue weighted by Gasteiger charge is -2.00. The van der Waals surface area contributed by atoms with Gasteiger partial charge in [0.05, 0.1) is 17.0 Å². The number of carbonyl (C=O) groups excluding carboxylic acids is 1. The molecule has 0 aromatic carbocycles. The van der Waals surface area contributed by atoms with E-state index in [0.717, 1.165) is 4.88 Å². The molecule has 6 heteroatoms. The van der Waals surface area contributed by atoms with Gasteiger partial charge in [-0.3, -0.25) is 4.79 Å². The number of thiophene rings is 1. The third kappa shape index (κ3) is 3.13. The Hall–Kier alpha value is -2.23. The Bertz CT molecular complexity index is 597. The smallest absolute Gasteiger partial charge is 0.257 e. The molecule has 90 valence electrons. The van der Waals surface area contributed by atoms with Crippen LogP contribution >= 0.6 is 11.3 Å². The average molecular weight is 258 g/mol. The molecule has 0 aliphatic rings. The maximum absolute atomic E-state index is 11.9. The highest BCUT2D eigenvalue weighted by atomic mass is 32.1. The predicted octanol–water partition coefficient (Wildman–Crippen LogP) is 1.10. The molecule has 0 atom stereocenters. The highest BCUT2D eigenvalue weighted by molar-refractivity contribution is 7.10. The summed E-state index contributed by atoms with van der Waals surface area (Å²) in [7, 11) is 0. The summed E-state index contributed by atoms with van der Waals surface area (Å²) in [6.07, 6.45) is 1.54. The maximum atomic E-state index is 11.9. The first-order valence-electron chi connectivity index (χ1n) is 5.16. The van der Waals surface area contributed by atoms with Crippen LogP contribution in [0.3, 0.4) is 0 Å². The molecule has 0 spiro atoms. The number of hydrogen-bond acceptors (Lipinski definition) is 5. The van der Waals surface area contributed by atoms with E-state index >= 15 is 0 Å². The summed E-state index contributed by atoms with van der Waals surface area (Å²) in [5, 5.41) is 11.8. The van der Waals surface area contributed by atoms with Crippen molar-refractivity contribution in [2.45, 2.75) is 0 Å². The molecule has 0 saturated carbocycles. The van der Waals surface area contributed by atoms with Crippen molar-refractivity contribution in [3.63, 3.8) is 0 Å². The van der Waals surface area contributed by atoms with Crippen molar-refractivity contribution in [3.05, 3.63) is 40.2 Å². The summed E-state index contributed by atoms with van der Waals surface area (Å²) in [4.78, 5) is 12.7. The second-order valence-corrected chi connectivity index (χ2v) is 4.18. The number of nitrogens with one attached hydrogen (secondary N) is 1. The first-order valence-corrected chi connectivity index (χ1v) is 6.04. The van der Waals surface area contributed by atoms with Gasteiger partial charge in [-0.05, 0) is 18.2 Å². The number of nitrogens with zero attached hydrogens (tertiary/aromatic N) is 2. The van der Waals surface area contributed by atoms with Crippen molar-refractivity contribution < 1.29 is 4.79 Å². The minimum Gasteiger partial charge on any atom is -0.320 e. The highest BCUT2D eigenvalue weighted by Gasteiger charge is 2.08. The minimum atomic E-state index is -0.229. The van der Waals surface area contributed by atoms with Crippen molar-refractivity contribution in [1.29, 1.82) is 0 Å². The third-order valence-electron chi connectivity index (χ3n) is 1.99. The Morgan fingerprint density at radius 3 is 3.17 bits per heavy atom. The fraction of sp³-hybridized carbons (Fsp3) is 0.0833. The van der Waals surface area contributed by atoms with Gasteiger partial charge in [-0.2, -0.15) is 5.10 Å². The number of anilines is 1. The molecule has 0 radical (unpaired) electrons. The Morgan fingerprint density at radius 1 is 1.56 bits per heavy atom. The molecule has 0 unspecified atom stereocenters. The normalized spacial score (nSPS) is 9.39. The quantitative estimate of drug-likeness (QED) is 0.790. The van der Waals surface area contributed by atoms with Gasteiger partial charge < -0.3 is 11.1 Å². The summed E-state index contributed by atoms with van der Waals surface area (Å²) in [6.45, 7) is 0.305. The molecule has 2 aromatic rings. The zero-order chi connectivity index (χ0) is 12.8. The van der Waals surface area contributed by atoms with Gasteiger partial charge in [0, 0.05) is 11.6 Å². The summed E-state index contributed by atoms with van der Waals surface area (Å²) in [5.74, 6) is 5.81. The molecule has 0 aliphatic carbocycles. The minimum absolute atomic E-state index is 0.229. The van der Waals surface area contributed by atoms with E-state index in [1.165, 1.54) is 11.3 Å². The third-order valence-corrected chi connectivity index (χ3v) is 2.83. The number of nitrogens with two attached hydrogens (primary N) is 1. The van der Waals surface area contributed by atoms with Gasteiger partial charge in [-0.25, -0.2) is 0 Å². The topological polar surface area (TPSA) is 80.9 Å². The van der Waals surface area contributed by atoms with Crippen LogP contribution in [-0.4, -0.2) is 22.6 Å². The van der Waals surface area contributed by atoms with Crippen LogP contribution in [0.1, 0.15) is 15.2 Å². The van der Waals surface area contributed by atoms with E-state index in [9.17, 15) is 4.79 Å². The second kappa shape index (κ2) is 5.91. The summed E-state index contributed by atoms with van der Waals surface area (Å²) < 4.78 is 0. The maximum Gasteiger partial charge on any atom is 0.257 e. The fourth-order valence-corrected chi connectivity index (χ4v) is 1.97. The Morgan fingerprint density at radius 2 is 2.44 bits per heavy atom. The Balaban J connectivity index is 2.08. The van der Waals surface area contributed by atoms with E-state index < -0.39 is 0 Å². The van der Waals surface area contributed by atoms with Crippen LogP contribution in [0.2, 0.25) is 0 Å².